The van der Waals surface area contributed by atoms with Crippen molar-refractivity contribution >= 4 is 27.3 Å². The molecule has 0 atom stereocenters. The summed E-state index contributed by atoms with van der Waals surface area (Å²) in [5, 5.41) is 2.89. The fourth-order valence-corrected chi connectivity index (χ4v) is 4.25. The molecule has 0 aromatic carbocycles. The molecule has 0 saturated heterocycles. The SMILES string of the molecule is Cc1cc(S(=O)(=O)NCCNC(N)=NCC(C)C)c(C)s1. The van der Waals surface area contributed by atoms with Crippen molar-refractivity contribution in [2.45, 2.75) is 32.6 Å². The molecule has 1 aromatic rings. The monoisotopic (exact) mass is 332 g/mol. The van der Waals surface area contributed by atoms with Crippen LogP contribution in [0.3, 0.4) is 0 Å². The van der Waals surface area contributed by atoms with E-state index in [0.717, 1.165) is 9.75 Å². The van der Waals surface area contributed by atoms with Crippen molar-refractivity contribution in [2.24, 2.45) is 16.6 Å². The number of sulfonamides is 1. The summed E-state index contributed by atoms with van der Waals surface area (Å²) in [7, 11) is -3.45. The highest BCUT2D eigenvalue weighted by molar-refractivity contribution is 7.89. The lowest BCUT2D eigenvalue weighted by Crippen LogP contribution is -2.38. The third kappa shape index (κ3) is 6.03. The minimum absolute atomic E-state index is 0.258. The molecule has 0 fully saturated rings. The van der Waals surface area contributed by atoms with E-state index in [1.54, 1.807) is 13.0 Å². The Morgan fingerprint density at radius 2 is 2.05 bits per heavy atom. The van der Waals surface area contributed by atoms with Crippen LogP contribution in [-0.2, 0) is 10.0 Å². The fourth-order valence-electron chi connectivity index (χ4n) is 1.66. The summed E-state index contributed by atoms with van der Waals surface area (Å²) in [5.41, 5.74) is 5.67. The molecule has 0 bridgehead atoms. The molecule has 8 heteroatoms. The zero-order chi connectivity index (χ0) is 16.0. The minimum atomic E-state index is -3.45. The first-order valence-corrected chi connectivity index (χ1v) is 9.13. The number of nitrogens with zero attached hydrogens (tertiary/aromatic N) is 1. The van der Waals surface area contributed by atoms with E-state index in [4.69, 9.17) is 5.73 Å². The Bertz CT molecular complexity index is 591. The standard InChI is InChI=1S/C13H24N4O2S2/c1-9(2)8-16-13(14)15-5-6-17-21(18,19)12-7-10(3)20-11(12)4/h7,9,17H,5-6,8H2,1-4H3,(H3,14,15,16). The minimum Gasteiger partial charge on any atom is -0.370 e. The molecular formula is C13H24N4O2S2. The Morgan fingerprint density at radius 1 is 1.38 bits per heavy atom. The molecule has 1 heterocycles. The molecule has 0 unspecified atom stereocenters. The average Bonchev–Trinajstić information content (AvgIpc) is 2.72. The molecule has 1 rings (SSSR count). The van der Waals surface area contributed by atoms with Gasteiger partial charge in [0.05, 0.1) is 4.90 Å². The van der Waals surface area contributed by atoms with Crippen molar-refractivity contribution in [3.8, 4) is 0 Å². The van der Waals surface area contributed by atoms with Crippen molar-refractivity contribution in [3.05, 3.63) is 15.8 Å². The summed E-state index contributed by atoms with van der Waals surface area (Å²) in [5.74, 6) is 0.777. The molecule has 6 nitrogen and oxygen atoms in total. The Balaban J connectivity index is 2.45. The van der Waals surface area contributed by atoms with Crippen LogP contribution in [0.1, 0.15) is 23.6 Å². The van der Waals surface area contributed by atoms with Crippen LogP contribution in [0.25, 0.3) is 0 Å². The molecule has 21 heavy (non-hydrogen) atoms. The van der Waals surface area contributed by atoms with Crippen LogP contribution in [0.4, 0.5) is 0 Å². The van der Waals surface area contributed by atoms with Crippen LogP contribution in [-0.4, -0.2) is 34.0 Å². The van der Waals surface area contributed by atoms with E-state index in [1.807, 2.05) is 6.92 Å². The second-order valence-electron chi connectivity index (χ2n) is 5.22. The van der Waals surface area contributed by atoms with Gasteiger partial charge < -0.3 is 11.1 Å². The van der Waals surface area contributed by atoms with Crippen molar-refractivity contribution in [1.29, 1.82) is 0 Å². The highest BCUT2D eigenvalue weighted by atomic mass is 32.2. The van der Waals surface area contributed by atoms with E-state index in [1.165, 1.54) is 11.3 Å². The van der Waals surface area contributed by atoms with E-state index >= 15 is 0 Å². The van der Waals surface area contributed by atoms with Crippen molar-refractivity contribution in [3.63, 3.8) is 0 Å². The van der Waals surface area contributed by atoms with Crippen LogP contribution in [0.15, 0.2) is 16.0 Å². The predicted molar refractivity (Wildman–Crippen MR) is 88.3 cm³/mol. The van der Waals surface area contributed by atoms with Crippen molar-refractivity contribution in [2.75, 3.05) is 19.6 Å². The molecule has 0 aliphatic heterocycles. The maximum absolute atomic E-state index is 12.1. The zero-order valence-corrected chi connectivity index (χ0v) is 14.6. The first-order chi connectivity index (χ1) is 9.72. The topological polar surface area (TPSA) is 96.6 Å². The molecule has 0 saturated carbocycles. The summed E-state index contributed by atoms with van der Waals surface area (Å²) in [6.07, 6.45) is 0. The van der Waals surface area contributed by atoms with E-state index in [-0.39, 0.29) is 6.54 Å². The third-order valence-corrected chi connectivity index (χ3v) is 5.32. The largest absolute Gasteiger partial charge is 0.370 e. The Kier molecular flexibility index (Phi) is 6.63. The number of nitrogens with two attached hydrogens (primary N) is 1. The van der Waals surface area contributed by atoms with Gasteiger partial charge in [-0.05, 0) is 25.8 Å². The normalized spacial score (nSPS) is 12.9. The number of aryl methyl sites for hydroxylation is 2. The number of thiophene rings is 1. The van der Waals surface area contributed by atoms with Gasteiger partial charge in [0, 0.05) is 29.4 Å². The van der Waals surface area contributed by atoms with Crippen LogP contribution >= 0.6 is 11.3 Å². The number of aliphatic imine (C=N–C) groups is 1. The van der Waals surface area contributed by atoms with Crippen molar-refractivity contribution in [1.82, 2.24) is 10.0 Å². The summed E-state index contributed by atoms with van der Waals surface area (Å²) >= 11 is 1.48. The molecule has 0 radical (unpaired) electrons. The van der Waals surface area contributed by atoms with Gasteiger partial charge in [-0.25, -0.2) is 13.1 Å². The van der Waals surface area contributed by atoms with Gasteiger partial charge >= 0.3 is 0 Å². The number of hydrogen-bond acceptors (Lipinski definition) is 4. The number of nitrogens with one attached hydrogen (secondary N) is 2. The molecule has 0 aliphatic carbocycles. The third-order valence-electron chi connectivity index (χ3n) is 2.63. The lowest BCUT2D eigenvalue weighted by molar-refractivity contribution is 0.580. The molecule has 0 spiro atoms. The van der Waals surface area contributed by atoms with Crippen LogP contribution in [0.2, 0.25) is 0 Å². The maximum Gasteiger partial charge on any atom is 0.241 e. The van der Waals surface area contributed by atoms with Gasteiger partial charge in [0.2, 0.25) is 10.0 Å². The fraction of sp³-hybridized carbons (Fsp3) is 0.615. The highest BCUT2D eigenvalue weighted by Crippen LogP contribution is 2.24. The second-order valence-corrected chi connectivity index (χ2v) is 8.42. The van der Waals surface area contributed by atoms with E-state index in [2.05, 4.69) is 28.9 Å². The zero-order valence-electron chi connectivity index (χ0n) is 12.9. The van der Waals surface area contributed by atoms with E-state index in [0.29, 0.717) is 29.9 Å². The second kappa shape index (κ2) is 7.77. The Morgan fingerprint density at radius 3 is 2.57 bits per heavy atom. The lowest BCUT2D eigenvalue weighted by atomic mass is 10.2. The maximum atomic E-state index is 12.1. The smallest absolute Gasteiger partial charge is 0.241 e. The molecule has 4 N–H and O–H groups in total. The van der Waals surface area contributed by atoms with E-state index < -0.39 is 10.0 Å². The first-order valence-electron chi connectivity index (χ1n) is 6.83. The van der Waals surface area contributed by atoms with E-state index in [9.17, 15) is 8.42 Å². The quantitative estimate of drug-likeness (QED) is 0.397. The number of rotatable bonds is 7. The first kappa shape index (κ1) is 17.9. The summed E-state index contributed by atoms with van der Waals surface area (Å²) in [6.45, 7) is 9.11. The van der Waals surface area contributed by atoms with Gasteiger partial charge in [-0.3, -0.25) is 4.99 Å². The van der Waals surface area contributed by atoms with Crippen LogP contribution in [0.5, 0.6) is 0 Å². The van der Waals surface area contributed by atoms with Crippen LogP contribution in [0, 0.1) is 19.8 Å². The number of hydrogen-bond donors (Lipinski definition) is 3. The number of guanidine groups is 1. The van der Waals surface area contributed by atoms with Gasteiger partial charge in [-0.1, -0.05) is 13.8 Å². The van der Waals surface area contributed by atoms with Gasteiger partial charge in [0.15, 0.2) is 5.96 Å². The Labute approximate surface area is 130 Å². The summed E-state index contributed by atoms with van der Waals surface area (Å²) in [6, 6.07) is 1.69. The molecule has 120 valence electrons. The van der Waals surface area contributed by atoms with Crippen LogP contribution < -0.4 is 15.8 Å². The van der Waals surface area contributed by atoms with Crippen molar-refractivity contribution < 1.29 is 8.42 Å². The average molecular weight is 332 g/mol. The van der Waals surface area contributed by atoms with Gasteiger partial charge in [0.1, 0.15) is 0 Å². The Hall–Kier alpha value is -1.12. The van der Waals surface area contributed by atoms with Gasteiger partial charge in [0.25, 0.3) is 0 Å². The molecule has 1 aromatic heterocycles. The molecule has 0 aliphatic rings. The molecular weight excluding hydrogens is 308 g/mol. The summed E-state index contributed by atoms with van der Waals surface area (Å²) < 4.78 is 26.8. The van der Waals surface area contributed by atoms with Gasteiger partial charge in [-0.15, -0.1) is 11.3 Å². The summed E-state index contributed by atoms with van der Waals surface area (Å²) in [4.78, 5) is 6.27. The predicted octanol–water partition coefficient (Wildman–Crippen LogP) is 1.20. The van der Waals surface area contributed by atoms with Gasteiger partial charge in [-0.2, -0.15) is 0 Å². The lowest BCUT2D eigenvalue weighted by Gasteiger charge is -2.08. The highest BCUT2D eigenvalue weighted by Gasteiger charge is 2.18. The molecule has 0 amide bonds.